The Morgan fingerprint density at radius 1 is 0.957 bits per heavy atom. The largest absolute Gasteiger partial charge is 0.416 e. The molecule has 3 aromatic rings. The van der Waals surface area contributed by atoms with Gasteiger partial charge in [0.2, 0.25) is 5.13 Å². The van der Waals surface area contributed by atoms with Gasteiger partial charge in [0, 0.05) is 15.7 Å². The van der Waals surface area contributed by atoms with Gasteiger partial charge < -0.3 is 5.32 Å². The van der Waals surface area contributed by atoms with E-state index in [0.29, 0.717) is 15.8 Å². The van der Waals surface area contributed by atoms with Crippen LogP contribution in [0.4, 0.5) is 24.0 Å². The fourth-order valence-corrected chi connectivity index (χ4v) is 3.29. The van der Waals surface area contributed by atoms with Gasteiger partial charge in [0.25, 0.3) is 0 Å². The molecule has 0 radical (unpaired) electrons. The molecule has 0 atom stereocenters. The summed E-state index contributed by atoms with van der Waals surface area (Å²) in [7, 11) is 0. The summed E-state index contributed by atoms with van der Waals surface area (Å²) in [6.07, 6.45) is -4.34. The van der Waals surface area contributed by atoms with Crippen molar-refractivity contribution in [2.45, 2.75) is 6.18 Å². The van der Waals surface area contributed by atoms with Crippen LogP contribution in [-0.4, -0.2) is 10.2 Å². The van der Waals surface area contributed by atoms with Crippen LogP contribution in [-0.2, 0) is 6.18 Å². The van der Waals surface area contributed by atoms with Crippen molar-refractivity contribution in [2.75, 3.05) is 5.32 Å². The number of hydrogen-bond acceptors (Lipinski definition) is 4. The Hall–Kier alpha value is -1.93. The van der Waals surface area contributed by atoms with Crippen molar-refractivity contribution in [2.24, 2.45) is 0 Å². The molecule has 8 heteroatoms. The van der Waals surface area contributed by atoms with E-state index in [1.54, 1.807) is 0 Å². The third-order valence-electron chi connectivity index (χ3n) is 2.99. The van der Waals surface area contributed by atoms with Gasteiger partial charge in [-0.2, -0.15) is 13.2 Å². The van der Waals surface area contributed by atoms with Gasteiger partial charge in [-0.25, -0.2) is 0 Å². The zero-order valence-corrected chi connectivity index (χ0v) is 13.8. The maximum Gasteiger partial charge on any atom is 0.416 e. The Bertz CT molecular complexity index is 815. The molecule has 3 rings (SSSR count). The lowest BCUT2D eigenvalue weighted by atomic mass is 10.2. The zero-order valence-electron chi connectivity index (χ0n) is 11.4. The quantitative estimate of drug-likeness (QED) is 0.610. The van der Waals surface area contributed by atoms with Crippen molar-refractivity contribution in [3.05, 3.63) is 58.6 Å². The van der Waals surface area contributed by atoms with E-state index in [0.717, 1.165) is 22.2 Å². The lowest BCUT2D eigenvalue weighted by Crippen LogP contribution is -2.04. The van der Waals surface area contributed by atoms with Crippen LogP contribution in [0.2, 0.25) is 0 Å². The fourth-order valence-electron chi connectivity index (χ4n) is 1.88. The highest BCUT2D eigenvalue weighted by atomic mass is 79.9. The monoisotopic (exact) mass is 399 g/mol. The molecule has 3 nitrogen and oxygen atoms in total. The number of nitrogens with zero attached hydrogens (tertiary/aromatic N) is 2. The number of aromatic nitrogens is 2. The molecule has 1 N–H and O–H groups in total. The zero-order chi connectivity index (χ0) is 16.4. The third-order valence-corrected chi connectivity index (χ3v) is 4.56. The van der Waals surface area contributed by atoms with Crippen LogP contribution in [0.15, 0.2) is 53.0 Å². The van der Waals surface area contributed by atoms with E-state index >= 15 is 0 Å². The van der Waals surface area contributed by atoms with Crippen molar-refractivity contribution in [1.82, 2.24) is 10.2 Å². The van der Waals surface area contributed by atoms with Gasteiger partial charge in [-0.05, 0) is 30.3 Å². The van der Waals surface area contributed by atoms with E-state index in [-0.39, 0.29) is 0 Å². The Balaban J connectivity index is 1.78. The molecule has 1 aromatic heterocycles. The van der Waals surface area contributed by atoms with Gasteiger partial charge in [-0.1, -0.05) is 45.5 Å². The van der Waals surface area contributed by atoms with Crippen LogP contribution in [0.25, 0.3) is 10.6 Å². The average molecular weight is 400 g/mol. The summed E-state index contributed by atoms with van der Waals surface area (Å²) in [5.74, 6) is 0. The number of anilines is 2. The molecule has 0 fully saturated rings. The van der Waals surface area contributed by atoms with E-state index in [4.69, 9.17) is 0 Å². The summed E-state index contributed by atoms with van der Waals surface area (Å²) < 4.78 is 38.5. The minimum atomic E-state index is -4.34. The molecule has 23 heavy (non-hydrogen) atoms. The number of nitrogens with one attached hydrogen (secondary N) is 1. The number of alkyl halides is 3. The smallest absolute Gasteiger partial charge is 0.330 e. The molecule has 0 amide bonds. The average Bonchev–Trinajstić information content (AvgIpc) is 2.95. The van der Waals surface area contributed by atoms with Crippen LogP contribution >= 0.6 is 27.3 Å². The highest BCUT2D eigenvalue weighted by molar-refractivity contribution is 9.10. The van der Waals surface area contributed by atoms with Gasteiger partial charge in [0.05, 0.1) is 5.56 Å². The van der Waals surface area contributed by atoms with Gasteiger partial charge in [-0.3, -0.25) is 0 Å². The predicted octanol–water partition coefficient (Wildman–Crippen LogP) is 5.73. The normalized spacial score (nSPS) is 11.5. The van der Waals surface area contributed by atoms with Gasteiger partial charge >= 0.3 is 6.18 Å². The van der Waals surface area contributed by atoms with Crippen LogP contribution in [0.3, 0.4) is 0 Å². The summed E-state index contributed by atoms with van der Waals surface area (Å²) >= 11 is 4.77. The molecule has 0 spiro atoms. The molecule has 0 unspecified atom stereocenters. The first-order valence-corrected chi connectivity index (χ1v) is 8.07. The van der Waals surface area contributed by atoms with Crippen molar-refractivity contribution in [1.29, 1.82) is 0 Å². The third kappa shape index (κ3) is 3.70. The molecule has 0 aliphatic carbocycles. The van der Waals surface area contributed by atoms with Gasteiger partial charge in [0.1, 0.15) is 0 Å². The second kappa shape index (κ2) is 6.29. The number of hydrogen-bond donors (Lipinski definition) is 1. The fraction of sp³-hybridized carbons (Fsp3) is 0.0667. The minimum absolute atomic E-state index is 0.510. The Kier molecular flexibility index (Phi) is 4.36. The standard InChI is InChI=1S/C15H9BrF3N3S/c16-12-4-2-1-3-11(12)13-21-22-14(23-13)20-10-7-5-9(6-8-10)15(17,18)19/h1-8H,(H,20,22). The molecule has 0 bridgehead atoms. The van der Waals surface area contributed by atoms with Crippen LogP contribution in [0, 0.1) is 0 Å². The molecular formula is C15H9BrF3N3S. The van der Waals surface area contributed by atoms with E-state index in [2.05, 4.69) is 31.4 Å². The highest BCUT2D eigenvalue weighted by Crippen LogP contribution is 2.34. The molecule has 2 aromatic carbocycles. The van der Waals surface area contributed by atoms with Crippen LogP contribution in [0.1, 0.15) is 5.56 Å². The highest BCUT2D eigenvalue weighted by Gasteiger charge is 2.29. The molecule has 0 saturated carbocycles. The number of rotatable bonds is 3. The second-order valence-electron chi connectivity index (χ2n) is 4.59. The van der Waals surface area contributed by atoms with Crippen molar-refractivity contribution < 1.29 is 13.2 Å². The Morgan fingerprint density at radius 2 is 1.65 bits per heavy atom. The van der Waals surface area contributed by atoms with E-state index in [9.17, 15) is 13.2 Å². The van der Waals surface area contributed by atoms with Crippen LogP contribution < -0.4 is 5.32 Å². The predicted molar refractivity (Wildman–Crippen MR) is 87.8 cm³/mol. The first kappa shape index (κ1) is 15.9. The maximum absolute atomic E-state index is 12.5. The lowest BCUT2D eigenvalue weighted by molar-refractivity contribution is -0.137. The Morgan fingerprint density at radius 3 is 2.30 bits per heavy atom. The maximum atomic E-state index is 12.5. The molecular weight excluding hydrogens is 391 g/mol. The summed E-state index contributed by atoms with van der Waals surface area (Å²) in [4.78, 5) is 0. The van der Waals surface area contributed by atoms with Gasteiger partial charge in [-0.15, -0.1) is 10.2 Å². The summed E-state index contributed by atoms with van der Waals surface area (Å²) in [5.41, 5.74) is 0.743. The van der Waals surface area contributed by atoms with E-state index in [1.165, 1.54) is 23.5 Å². The first-order valence-electron chi connectivity index (χ1n) is 6.46. The number of benzene rings is 2. The van der Waals surface area contributed by atoms with E-state index in [1.807, 2.05) is 24.3 Å². The van der Waals surface area contributed by atoms with Crippen molar-refractivity contribution in [3.8, 4) is 10.6 Å². The lowest BCUT2D eigenvalue weighted by Gasteiger charge is -2.07. The Labute approximate surface area is 142 Å². The van der Waals surface area contributed by atoms with Crippen molar-refractivity contribution >= 4 is 38.1 Å². The summed E-state index contributed by atoms with van der Waals surface area (Å²) in [6.45, 7) is 0. The molecule has 0 saturated heterocycles. The van der Waals surface area contributed by atoms with Gasteiger partial charge in [0.15, 0.2) is 5.01 Å². The molecule has 118 valence electrons. The number of halogens is 4. The topological polar surface area (TPSA) is 37.8 Å². The second-order valence-corrected chi connectivity index (χ2v) is 6.42. The van der Waals surface area contributed by atoms with Crippen molar-refractivity contribution in [3.63, 3.8) is 0 Å². The van der Waals surface area contributed by atoms with E-state index < -0.39 is 11.7 Å². The minimum Gasteiger partial charge on any atom is -0.330 e. The molecule has 0 aliphatic heterocycles. The summed E-state index contributed by atoms with van der Waals surface area (Å²) in [6, 6.07) is 12.4. The molecule has 1 heterocycles. The summed E-state index contributed by atoms with van der Waals surface area (Å²) in [5, 5.41) is 12.3. The first-order chi connectivity index (χ1) is 10.9. The molecule has 0 aliphatic rings. The van der Waals surface area contributed by atoms with Crippen LogP contribution in [0.5, 0.6) is 0 Å². The SMILES string of the molecule is FC(F)(F)c1ccc(Nc2nnc(-c3ccccc3Br)s2)cc1.